The van der Waals surface area contributed by atoms with Crippen molar-refractivity contribution >= 4 is 5.91 Å². The largest absolute Gasteiger partial charge is 0.370 e. The molecular weight excluding hydrogens is 354 g/mol. The van der Waals surface area contributed by atoms with Crippen LogP contribution >= 0.6 is 0 Å². The Morgan fingerprint density at radius 2 is 2.11 bits per heavy atom. The van der Waals surface area contributed by atoms with Gasteiger partial charge in [0.2, 0.25) is 0 Å². The van der Waals surface area contributed by atoms with Gasteiger partial charge in [0.25, 0.3) is 5.91 Å². The second kappa shape index (κ2) is 8.01. The first-order valence-electron chi connectivity index (χ1n) is 10.2. The van der Waals surface area contributed by atoms with Crippen molar-refractivity contribution in [3.8, 4) is 11.4 Å². The van der Waals surface area contributed by atoms with Gasteiger partial charge in [-0.2, -0.15) is 5.10 Å². The van der Waals surface area contributed by atoms with Crippen LogP contribution in [0.5, 0.6) is 0 Å². The predicted octanol–water partition coefficient (Wildman–Crippen LogP) is 2.62. The summed E-state index contributed by atoms with van der Waals surface area (Å²) in [6.07, 6.45) is 5.81. The van der Waals surface area contributed by atoms with Crippen molar-refractivity contribution in [3.63, 3.8) is 0 Å². The summed E-state index contributed by atoms with van der Waals surface area (Å²) >= 11 is 0. The second-order valence-electron chi connectivity index (χ2n) is 8.18. The third-order valence-electron chi connectivity index (χ3n) is 6.11. The van der Waals surface area contributed by atoms with Gasteiger partial charge in [0.1, 0.15) is 6.33 Å². The number of H-pyrrole nitrogens is 1. The minimum absolute atomic E-state index is 0.0124. The van der Waals surface area contributed by atoms with Crippen molar-refractivity contribution in [2.45, 2.75) is 57.3 Å². The number of amides is 1. The van der Waals surface area contributed by atoms with Crippen LogP contribution in [0, 0.1) is 0 Å². The molecule has 2 fully saturated rings. The van der Waals surface area contributed by atoms with Crippen molar-refractivity contribution in [1.82, 2.24) is 25.4 Å². The highest BCUT2D eigenvalue weighted by atomic mass is 16.5. The molecule has 7 nitrogen and oxygen atoms in total. The fraction of sp³-hybridized carbons (Fsp3) is 0.571. The number of ether oxygens (including phenoxy) is 1. The van der Waals surface area contributed by atoms with Crippen LogP contribution in [0.1, 0.15) is 49.9 Å². The molecule has 3 heterocycles. The Balaban J connectivity index is 1.33. The smallest absolute Gasteiger partial charge is 0.252 e. The first-order chi connectivity index (χ1) is 13.6. The van der Waals surface area contributed by atoms with E-state index in [0.29, 0.717) is 24.0 Å². The summed E-state index contributed by atoms with van der Waals surface area (Å²) in [6, 6.07) is 8.03. The molecule has 0 bridgehead atoms. The Bertz CT molecular complexity index is 797. The highest BCUT2D eigenvalue weighted by Crippen LogP contribution is 2.39. The van der Waals surface area contributed by atoms with Crippen molar-refractivity contribution < 1.29 is 9.53 Å². The zero-order chi connectivity index (χ0) is 19.6. The summed E-state index contributed by atoms with van der Waals surface area (Å²) < 4.78 is 6.44. The van der Waals surface area contributed by atoms with Crippen molar-refractivity contribution in [2.75, 3.05) is 19.6 Å². The first kappa shape index (κ1) is 19.1. The maximum atomic E-state index is 12.8. The molecule has 1 aromatic heterocycles. The van der Waals surface area contributed by atoms with E-state index in [-0.39, 0.29) is 17.6 Å². The van der Waals surface area contributed by atoms with Gasteiger partial charge in [-0.25, -0.2) is 4.98 Å². The molecule has 1 atom stereocenters. The summed E-state index contributed by atoms with van der Waals surface area (Å²) in [5.74, 6) is 0.491. The Morgan fingerprint density at radius 1 is 1.32 bits per heavy atom. The van der Waals surface area contributed by atoms with E-state index >= 15 is 0 Å². The molecule has 0 saturated carbocycles. The molecule has 2 aliphatic heterocycles. The van der Waals surface area contributed by atoms with Gasteiger partial charge in [0.15, 0.2) is 5.82 Å². The van der Waals surface area contributed by atoms with Gasteiger partial charge >= 0.3 is 0 Å². The third kappa shape index (κ3) is 3.95. The zero-order valence-electron chi connectivity index (χ0n) is 16.6. The van der Waals surface area contributed by atoms with Crippen LogP contribution in [-0.4, -0.2) is 63.4 Å². The summed E-state index contributed by atoms with van der Waals surface area (Å²) in [5.41, 5.74) is 1.36. The van der Waals surface area contributed by atoms with Gasteiger partial charge in [-0.05, 0) is 45.6 Å². The highest BCUT2D eigenvalue weighted by molar-refractivity contribution is 6.00. The molecule has 1 amide bonds. The van der Waals surface area contributed by atoms with Gasteiger partial charge in [-0.1, -0.05) is 18.2 Å². The molecule has 2 saturated heterocycles. The molecule has 1 spiro atoms. The minimum atomic E-state index is -0.105. The lowest BCUT2D eigenvalue weighted by Gasteiger charge is -2.40. The summed E-state index contributed by atoms with van der Waals surface area (Å²) in [5, 5.41) is 9.76. The fourth-order valence-corrected chi connectivity index (χ4v) is 4.38. The summed E-state index contributed by atoms with van der Waals surface area (Å²) in [6.45, 7) is 7.24. The normalized spacial score (nSPS) is 22.0. The number of piperidine rings is 1. The van der Waals surface area contributed by atoms with Gasteiger partial charge in [-0.15, -0.1) is 0 Å². The number of carbonyl (C=O) groups is 1. The van der Waals surface area contributed by atoms with Crippen LogP contribution in [0.2, 0.25) is 0 Å². The Labute approximate surface area is 165 Å². The lowest BCUT2D eigenvalue weighted by Crippen LogP contribution is -2.47. The molecule has 2 aromatic rings. The number of rotatable bonds is 5. The number of nitrogens with zero attached hydrogens (tertiary/aromatic N) is 3. The molecule has 28 heavy (non-hydrogen) atoms. The molecule has 7 heteroatoms. The number of likely N-dealkylation sites (tertiary alicyclic amines) is 1. The van der Waals surface area contributed by atoms with Crippen LogP contribution in [0.25, 0.3) is 11.4 Å². The van der Waals surface area contributed by atoms with Crippen molar-refractivity contribution in [2.24, 2.45) is 0 Å². The molecular formula is C21H29N5O2. The zero-order valence-corrected chi connectivity index (χ0v) is 16.6. The molecule has 2 N–H and O–H groups in total. The van der Waals surface area contributed by atoms with Crippen LogP contribution in [0.4, 0.5) is 0 Å². The standard InChI is InChI=1S/C21H29N5O2/c1-15(2)26-11-9-21(10-12-26)8-7-16(28-21)13-22-20(27)18-6-4-3-5-17(18)19-23-14-24-25-19/h3-6,14-16H,7-13H2,1-2H3,(H,22,27)(H,23,24,25). The van der Waals surface area contributed by atoms with Crippen LogP contribution in [0.3, 0.4) is 0 Å². The van der Waals surface area contributed by atoms with E-state index in [1.165, 1.54) is 6.33 Å². The maximum absolute atomic E-state index is 12.8. The SMILES string of the molecule is CC(C)N1CCC2(CCC(CNC(=O)c3ccccc3-c3ncn[nH]3)O2)CC1. The number of aromatic amines is 1. The molecule has 150 valence electrons. The average Bonchev–Trinajstić information content (AvgIpc) is 3.37. The van der Waals surface area contributed by atoms with Crippen LogP contribution in [-0.2, 0) is 4.74 Å². The van der Waals surface area contributed by atoms with Crippen molar-refractivity contribution in [1.29, 1.82) is 0 Å². The monoisotopic (exact) mass is 383 g/mol. The lowest BCUT2D eigenvalue weighted by molar-refractivity contribution is -0.0788. The number of benzene rings is 1. The molecule has 0 aliphatic carbocycles. The quantitative estimate of drug-likeness (QED) is 0.829. The van der Waals surface area contributed by atoms with Crippen LogP contribution in [0.15, 0.2) is 30.6 Å². The van der Waals surface area contributed by atoms with Gasteiger partial charge < -0.3 is 15.0 Å². The average molecular weight is 383 g/mol. The topological polar surface area (TPSA) is 83.1 Å². The van der Waals surface area contributed by atoms with Crippen LogP contribution < -0.4 is 5.32 Å². The summed E-state index contributed by atoms with van der Waals surface area (Å²) in [7, 11) is 0. The second-order valence-corrected chi connectivity index (χ2v) is 8.18. The minimum Gasteiger partial charge on any atom is -0.370 e. The Hall–Kier alpha value is -2.25. The predicted molar refractivity (Wildman–Crippen MR) is 107 cm³/mol. The number of aromatic nitrogens is 3. The van der Waals surface area contributed by atoms with Crippen molar-refractivity contribution in [3.05, 3.63) is 36.2 Å². The van der Waals surface area contributed by atoms with E-state index < -0.39 is 0 Å². The molecule has 2 aliphatic rings. The summed E-state index contributed by atoms with van der Waals surface area (Å²) in [4.78, 5) is 19.5. The van der Waals surface area contributed by atoms with E-state index in [1.54, 1.807) is 0 Å². The van der Waals surface area contributed by atoms with E-state index in [2.05, 4.69) is 39.2 Å². The molecule has 4 rings (SSSR count). The van der Waals surface area contributed by atoms with Gasteiger partial charge in [-0.3, -0.25) is 9.89 Å². The number of carbonyl (C=O) groups excluding carboxylic acids is 1. The molecule has 1 unspecified atom stereocenters. The van der Waals surface area contributed by atoms with E-state index in [9.17, 15) is 4.79 Å². The number of nitrogens with one attached hydrogen (secondary N) is 2. The fourth-order valence-electron chi connectivity index (χ4n) is 4.38. The van der Waals surface area contributed by atoms with E-state index in [1.807, 2.05) is 24.3 Å². The third-order valence-corrected chi connectivity index (χ3v) is 6.11. The highest BCUT2D eigenvalue weighted by Gasteiger charge is 2.42. The van der Waals surface area contributed by atoms with Gasteiger partial charge in [0, 0.05) is 31.2 Å². The molecule has 0 radical (unpaired) electrons. The van der Waals surface area contributed by atoms with E-state index in [0.717, 1.165) is 44.3 Å². The number of hydrogen-bond donors (Lipinski definition) is 2. The number of hydrogen-bond acceptors (Lipinski definition) is 5. The molecule has 1 aromatic carbocycles. The van der Waals surface area contributed by atoms with E-state index in [4.69, 9.17) is 4.74 Å². The Kier molecular flexibility index (Phi) is 5.46. The Morgan fingerprint density at radius 3 is 2.82 bits per heavy atom. The van der Waals surface area contributed by atoms with Gasteiger partial charge in [0.05, 0.1) is 17.3 Å². The maximum Gasteiger partial charge on any atom is 0.252 e. The first-order valence-corrected chi connectivity index (χ1v) is 10.2. The lowest BCUT2D eigenvalue weighted by atomic mass is 9.88.